The van der Waals surface area contributed by atoms with Gasteiger partial charge in [-0.25, -0.2) is 0 Å². The molecule has 2 aliphatic rings. The van der Waals surface area contributed by atoms with Crippen LogP contribution in [0.4, 0.5) is 18.9 Å². The molecular weight excluding hydrogens is 441 g/mol. The molecule has 0 bridgehead atoms. The molecule has 1 spiro atoms. The van der Waals surface area contributed by atoms with Gasteiger partial charge >= 0.3 is 6.18 Å². The third-order valence-electron chi connectivity index (χ3n) is 5.78. The van der Waals surface area contributed by atoms with Crippen molar-refractivity contribution in [1.82, 2.24) is 4.90 Å². The van der Waals surface area contributed by atoms with E-state index in [2.05, 4.69) is 0 Å². The molecule has 0 saturated carbocycles. The Morgan fingerprint density at radius 3 is 2.47 bits per heavy atom. The van der Waals surface area contributed by atoms with E-state index in [1.165, 1.54) is 31.0 Å². The van der Waals surface area contributed by atoms with Crippen molar-refractivity contribution in [2.24, 2.45) is 5.92 Å². The van der Waals surface area contributed by atoms with Crippen LogP contribution in [0.2, 0.25) is 0 Å². The van der Waals surface area contributed by atoms with Crippen LogP contribution in [0.1, 0.15) is 30.5 Å². The number of benzene rings is 2. The van der Waals surface area contributed by atoms with Crippen LogP contribution < -0.4 is 9.64 Å². The molecule has 1 atom stereocenters. The van der Waals surface area contributed by atoms with E-state index in [0.717, 1.165) is 12.1 Å². The van der Waals surface area contributed by atoms with Crippen molar-refractivity contribution in [2.45, 2.75) is 31.4 Å². The van der Waals surface area contributed by atoms with Crippen LogP contribution in [0, 0.1) is 5.92 Å². The van der Waals surface area contributed by atoms with Crippen molar-refractivity contribution >= 4 is 29.3 Å². The average molecular weight is 465 g/mol. The summed E-state index contributed by atoms with van der Waals surface area (Å²) in [5.41, 5.74) is 1.13. The van der Waals surface area contributed by atoms with Gasteiger partial charge in [0, 0.05) is 23.8 Å². The van der Waals surface area contributed by atoms with E-state index in [1.54, 1.807) is 41.8 Å². The fourth-order valence-electron chi connectivity index (χ4n) is 4.19. The molecule has 4 rings (SSSR count). The summed E-state index contributed by atoms with van der Waals surface area (Å²) in [6.07, 6.45) is -4.42. The number of hydrogen-bond acceptors (Lipinski definition) is 4. The van der Waals surface area contributed by atoms with Gasteiger partial charge in [-0.15, -0.1) is 11.8 Å². The van der Waals surface area contributed by atoms with E-state index < -0.39 is 16.6 Å². The molecule has 0 N–H and O–H groups in total. The zero-order valence-electron chi connectivity index (χ0n) is 17.9. The number of alkyl halides is 3. The number of amides is 2. The molecule has 170 valence electrons. The summed E-state index contributed by atoms with van der Waals surface area (Å²) in [4.78, 5) is 28.9. The fourth-order valence-corrected chi connectivity index (χ4v) is 5.65. The molecule has 2 aliphatic heterocycles. The quantitative estimate of drug-likeness (QED) is 0.661. The summed E-state index contributed by atoms with van der Waals surface area (Å²) in [6.45, 7) is 4.14. The van der Waals surface area contributed by atoms with E-state index in [0.29, 0.717) is 34.9 Å². The smallest absolute Gasteiger partial charge is 0.416 e. The maximum Gasteiger partial charge on any atom is 0.416 e. The van der Waals surface area contributed by atoms with E-state index in [1.807, 2.05) is 0 Å². The molecule has 2 aromatic carbocycles. The summed E-state index contributed by atoms with van der Waals surface area (Å²) >= 11 is 1.41. The van der Waals surface area contributed by atoms with Gasteiger partial charge in [0.2, 0.25) is 5.91 Å². The molecule has 0 radical (unpaired) electrons. The van der Waals surface area contributed by atoms with Crippen LogP contribution in [0.25, 0.3) is 0 Å². The summed E-state index contributed by atoms with van der Waals surface area (Å²) in [7, 11) is 1.53. The van der Waals surface area contributed by atoms with Crippen LogP contribution in [0.3, 0.4) is 0 Å². The number of carbonyl (C=O) groups excluding carboxylic acids is 2. The normalized spacial score (nSPS) is 20.4. The molecule has 2 amide bonds. The third kappa shape index (κ3) is 3.52. The summed E-state index contributed by atoms with van der Waals surface area (Å²) < 4.78 is 44.1. The Balaban J connectivity index is 1.76. The minimum Gasteiger partial charge on any atom is -0.497 e. The van der Waals surface area contributed by atoms with Crippen LogP contribution in [-0.2, 0) is 27.2 Å². The number of thioether (sulfide) groups is 1. The Hall–Kier alpha value is -2.68. The number of hydrogen-bond donors (Lipinski definition) is 0. The number of ether oxygens (including phenoxy) is 1. The highest BCUT2D eigenvalue weighted by atomic mass is 32.2. The largest absolute Gasteiger partial charge is 0.497 e. The first-order valence-corrected chi connectivity index (χ1v) is 11.2. The number of anilines is 1. The maximum absolute atomic E-state index is 13.8. The van der Waals surface area contributed by atoms with Gasteiger partial charge < -0.3 is 14.5 Å². The number of carbonyl (C=O) groups is 2. The Morgan fingerprint density at radius 1 is 1.19 bits per heavy atom. The molecule has 5 nitrogen and oxygen atoms in total. The van der Waals surface area contributed by atoms with E-state index in [-0.39, 0.29) is 24.3 Å². The Kier molecular flexibility index (Phi) is 5.65. The number of methoxy groups -OCH3 is 1. The molecule has 32 heavy (non-hydrogen) atoms. The second-order valence-corrected chi connectivity index (χ2v) is 9.39. The lowest BCUT2D eigenvalue weighted by Gasteiger charge is -2.34. The minimum atomic E-state index is -4.42. The third-order valence-corrected chi connectivity index (χ3v) is 7.20. The second-order valence-electron chi connectivity index (χ2n) is 8.11. The maximum atomic E-state index is 13.8. The topological polar surface area (TPSA) is 49.9 Å². The van der Waals surface area contributed by atoms with E-state index >= 15 is 0 Å². The second kappa shape index (κ2) is 8.03. The Bertz CT molecular complexity index is 1060. The van der Waals surface area contributed by atoms with Gasteiger partial charge in [0.25, 0.3) is 5.91 Å². The number of fused-ring (bicyclic) bond motifs is 2. The van der Waals surface area contributed by atoms with Crippen molar-refractivity contribution in [3.05, 3.63) is 59.2 Å². The zero-order valence-corrected chi connectivity index (χ0v) is 18.7. The Labute approximate surface area is 188 Å². The SMILES string of the molecule is COc1ccc2c(c1)[C@@]1(SCCN1C(=O)C(C)C)C(=O)N2Cc1ccc(C(F)(F)F)cc1. The molecule has 1 fully saturated rings. The monoisotopic (exact) mass is 464 g/mol. The minimum absolute atomic E-state index is 0.0995. The van der Waals surface area contributed by atoms with Crippen LogP contribution in [0.15, 0.2) is 42.5 Å². The molecule has 2 aromatic rings. The number of rotatable bonds is 4. The van der Waals surface area contributed by atoms with E-state index in [9.17, 15) is 22.8 Å². The van der Waals surface area contributed by atoms with Gasteiger partial charge in [0.15, 0.2) is 4.87 Å². The zero-order chi connectivity index (χ0) is 23.3. The van der Waals surface area contributed by atoms with Crippen molar-refractivity contribution < 1.29 is 27.5 Å². The molecule has 2 heterocycles. The summed E-state index contributed by atoms with van der Waals surface area (Å²) in [5.74, 6) is 0.508. The van der Waals surface area contributed by atoms with Crippen molar-refractivity contribution in [2.75, 3.05) is 24.3 Å². The average Bonchev–Trinajstić information content (AvgIpc) is 3.29. The van der Waals surface area contributed by atoms with Crippen molar-refractivity contribution in [3.63, 3.8) is 0 Å². The summed E-state index contributed by atoms with van der Waals surface area (Å²) in [5, 5.41) is 0. The van der Waals surface area contributed by atoms with Gasteiger partial charge in [-0.3, -0.25) is 9.59 Å². The van der Waals surface area contributed by atoms with Crippen molar-refractivity contribution in [3.8, 4) is 5.75 Å². The molecule has 0 aromatic heterocycles. The molecule has 1 saturated heterocycles. The van der Waals surface area contributed by atoms with Gasteiger partial charge in [0.1, 0.15) is 5.75 Å². The first kappa shape index (κ1) is 22.5. The molecule has 0 unspecified atom stereocenters. The highest BCUT2D eigenvalue weighted by molar-refractivity contribution is 8.01. The Morgan fingerprint density at radius 2 is 1.88 bits per heavy atom. The predicted molar refractivity (Wildman–Crippen MR) is 116 cm³/mol. The van der Waals surface area contributed by atoms with Gasteiger partial charge in [-0.1, -0.05) is 26.0 Å². The number of nitrogens with zero attached hydrogens (tertiary/aromatic N) is 2. The van der Waals surface area contributed by atoms with E-state index in [4.69, 9.17) is 4.74 Å². The molecule has 9 heteroatoms. The predicted octanol–water partition coefficient (Wildman–Crippen LogP) is 4.65. The highest BCUT2D eigenvalue weighted by Gasteiger charge is 2.59. The highest BCUT2D eigenvalue weighted by Crippen LogP contribution is 2.55. The first-order chi connectivity index (χ1) is 15.1. The lowest BCUT2D eigenvalue weighted by Crippen LogP contribution is -2.51. The van der Waals surface area contributed by atoms with Gasteiger partial charge in [-0.05, 0) is 35.9 Å². The van der Waals surface area contributed by atoms with Crippen molar-refractivity contribution in [1.29, 1.82) is 0 Å². The fraction of sp³-hybridized carbons (Fsp3) is 0.391. The lowest BCUT2D eigenvalue weighted by atomic mass is 10.0. The van der Waals surface area contributed by atoms with Gasteiger partial charge in [-0.2, -0.15) is 13.2 Å². The first-order valence-electron chi connectivity index (χ1n) is 10.2. The summed E-state index contributed by atoms with van der Waals surface area (Å²) in [6, 6.07) is 10.1. The van der Waals surface area contributed by atoms with Gasteiger partial charge in [0.05, 0.1) is 24.9 Å². The molecular formula is C23H23F3N2O3S. The lowest BCUT2D eigenvalue weighted by molar-refractivity contribution is -0.142. The number of halogens is 3. The molecule has 0 aliphatic carbocycles. The van der Waals surface area contributed by atoms with Crippen LogP contribution in [0.5, 0.6) is 5.75 Å². The van der Waals surface area contributed by atoms with Crippen LogP contribution in [-0.4, -0.2) is 36.1 Å². The standard InChI is InChI=1S/C23H23F3N2O3S/c1-14(2)20(29)28-10-11-32-22(28)18-12-17(31-3)8-9-19(18)27(21(22)30)13-15-4-6-16(7-5-15)23(24,25)26/h4-9,12,14H,10-11,13H2,1-3H3/t22-/m1/s1. The van der Waals surface area contributed by atoms with Crippen LogP contribution >= 0.6 is 11.8 Å².